The standard InChI is InChI=1S/C10H14INO/c1-2-10(13)12-9-6-4-3-5-8(11)7-9/h2,5,9H,1,3-4,6-7H2,(H,12,13). The Morgan fingerprint density at radius 3 is 3.23 bits per heavy atom. The number of carbonyl (C=O) groups excluding carboxylic acids is 1. The lowest BCUT2D eigenvalue weighted by Crippen LogP contribution is -2.33. The largest absolute Gasteiger partial charge is 0.349 e. The van der Waals surface area contributed by atoms with Gasteiger partial charge in [-0.1, -0.05) is 12.7 Å². The molecule has 0 aromatic carbocycles. The maximum atomic E-state index is 11.0. The Balaban J connectivity index is 2.45. The van der Waals surface area contributed by atoms with Crippen LogP contribution in [0.25, 0.3) is 0 Å². The van der Waals surface area contributed by atoms with Gasteiger partial charge in [-0.15, -0.1) is 0 Å². The third-order valence-electron chi connectivity index (χ3n) is 2.10. The summed E-state index contributed by atoms with van der Waals surface area (Å²) in [5, 5.41) is 2.94. The number of rotatable bonds is 2. The van der Waals surface area contributed by atoms with Gasteiger partial charge in [0.2, 0.25) is 5.91 Å². The molecule has 0 saturated carbocycles. The van der Waals surface area contributed by atoms with E-state index in [1.54, 1.807) is 0 Å². The number of amides is 1. The molecule has 72 valence electrons. The summed E-state index contributed by atoms with van der Waals surface area (Å²) in [4.78, 5) is 11.0. The van der Waals surface area contributed by atoms with Gasteiger partial charge in [0.25, 0.3) is 0 Å². The van der Waals surface area contributed by atoms with E-state index in [0.29, 0.717) is 6.04 Å². The van der Waals surface area contributed by atoms with Crippen LogP contribution >= 0.6 is 22.6 Å². The SMILES string of the molecule is C=CC(=O)NC1CCCC=C(I)C1. The molecule has 2 nitrogen and oxygen atoms in total. The fourth-order valence-electron chi connectivity index (χ4n) is 1.43. The van der Waals surface area contributed by atoms with Gasteiger partial charge in [-0.05, 0) is 57.9 Å². The van der Waals surface area contributed by atoms with Crippen LogP contribution in [0.2, 0.25) is 0 Å². The molecule has 1 rings (SSSR count). The smallest absolute Gasteiger partial charge is 0.243 e. The van der Waals surface area contributed by atoms with E-state index in [2.05, 4.69) is 40.6 Å². The Hall–Kier alpha value is -0.320. The molecule has 0 saturated heterocycles. The van der Waals surface area contributed by atoms with E-state index < -0.39 is 0 Å². The average molecular weight is 291 g/mol. The van der Waals surface area contributed by atoms with E-state index in [-0.39, 0.29) is 5.91 Å². The number of halogens is 1. The van der Waals surface area contributed by atoms with Gasteiger partial charge >= 0.3 is 0 Å². The molecule has 1 amide bonds. The molecule has 3 heteroatoms. The lowest BCUT2D eigenvalue weighted by Gasteiger charge is -2.14. The molecule has 0 aliphatic heterocycles. The fourth-order valence-corrected chi connectivity index (χ4v) is 2.27. The first kappa shape index (κ1) is 10.8. The topological polar surface area (TPSA) is 29.1 Å². The Kier molecular flexibility index (Phi) is 4.48. The van der Waals surface area contributed by atoms with E-state index in [0.717, 1.165) is 25.7 Å². The van der Waals surface area contributed by atoms with Gasteiger partial charge in [0.1, 0.15) is 0 Å². The first-order chi connectivity index (χ1) is 6.22. The number of carbonyl (C=O) groups is 1. The van der Waals surface area contributed by atoms with E-state index in [1.807, 2.05) is 0 Å². The minimum atomic E-state index is -0.0592. The van der Waals surface area contributed by atoms with Crippen molar-refractivity contribution in [3.05, 3.63) is 22.3 Å². The summed E-state index contributed by atoms with van der Waals surface area (Å²) in [7, 11) is 0. The Morgan fingerprint density at radius 1 is 1.77 bits per heavy atom. The Labute approximate surface area is 92.6 Å². The van der Waals surface area contributed by atoms with Crippen molar-refractivity contribution in [3.8, 4) is 0 Å². The molecule has 0 aromatic rings. The van der Waals surface area contributed by atoms with Gasteiger partial charge in [-0.2, -0.15) is 0 Å². The molecule has 0 fully saturated rings. The van der Waals surface area contributed by atoms with Crippen molar-refractivity contribution in [1.82, 2.24) is 5.32 Å². The second-order valence-electron chi connectivity index (χ2n) is 3.20. The van der Waals surface area contributed by atoms with Crippen LogP contribution in [0.3, 0.4) is 0 Å². The number of hydrogen-bond donors (Lipinski definition) is 1. The van der Waals surface area contributed by atoms with Crippen molar-refractivity contribution >= 4 is 28.5 Å². The van der Waals surface area contributed by atoms with Crippen LogP contribution in [0.15, 0.2) is 22.3 Å². The van der Waals surface area contributed by atoms with Gasteiger partial charge in [0.05, 0.1) is 0 Å². The molecule has 0 radical (unpaired) electrons. The van der Waals surface area contributed by atoms with Crippen LogP contribution < -0.4 is 5.32 Å². The molecule has 1 aliphatic rings. The highest BCUT2D eigenvalue weighted by Gasteiger charge is 2.13. The predicted molar refractivity (Wildman–Crippen MR) is 62.7 cm³/mol. The molecule has 1 N–H and O–H groups in total. The number of nitrogens with one attached hydrogen (secondary N) is 1. The highest BCUT2D eigenvalue weighted by molar-refractivity contribution is 14.1. The Bertz CT molecular complexity index is 235. The summed E-state index contributed by atoms with van der Waals surface area (Å²) in [6.45, 7) is 3.44. The van der Waals surface area contributed by atoms with Crippen LogP contribution in [0.5, 0.6) is 0 Å². The van der Waals surface area contributed by atoms with Gasteiger partial charge in [0.15, 0.2) is 0 Å². The second-order valence-corrected chi connectivity index (χ2v) is 4.58. The van der Waals surface area contributed by atoms with E-state index >= 15 is 0 Å². The molecule has 0 bridgehead atoms. The molecule has 1 atom stereocenters. The van der Waals surface area contributed by atoms with Crippen molar-refractivity contribution in [2.45, 2.75) is 31.7 Å². The van der Waals surface area contributed by atoms with Crippen LogP contribution in [-0.2, 0) is 4.79 Å². The highest BCUT2D eigenvalue weighted by Crippen LogP contribution is 2.22. The zero-order valence-corrected chi connectivity index (χ0v) is 9.71. The lowest BCUT2D eigenvalue weighted by atomic mass is 10.1. The number of allylic oxidation sites excluding steroid dienone is 1. The third-order valence-corrected chi connectivity index (χ3v) is 2.98. The van der Waals surface area contributed by atoms with E-state index in [9.17, 15) is 4.79 Å². The molecular formula is C10H14INO. The van der Waals surface area contributed by atoms with Crippen LogP contribution in [-0.4, -0.2) is 11.9 Å². The predicted octanol–water partition coefficient (Wildman–Crippen LogP) is 2.55. The average Bonchev–Trinajstić information content (AvgIpc) is 2.30. The van der Waals surface area contributed by atoms with Crippen LogP contribution in [0.1, 0.15) is 25.7 Å². The summed E-state index contributed by atoms with van der Waals surface area (Å²) < 4.78 is 1.35. The van der Waals surface area contributed by atoms with Crippen molar-refractivity contribution < 1.29 is 4.79 Å². The molecule has 1 unspecified atom stereocenters. The second kappa shape index (κ2) is 5.42. The monoisotopic (exact) mass is 291 g/mol. The van der Waals surface area contributed by atoms with E-state index in [1.165, 1.54) is 9.66 Å². The summed E-state index contributed by atoms with van der Waals surface area (Å²) in [6.07, 6.45) is 7.93. The maximum absolute atomic E-state index is 11.0. The van der Waals surface area contributed by atoms with E-state index in [4.69, 9.17) is 0 Å². The summed E-state index contributed by atoms with van der Waals surface area (Å²) in [5.41, 5.74) is 0. The number of hydrogen-bond acceptors (Lipinski definition) is 1. The fraction of sp³-hybridized carbons (Fsp3) is 0.500. The molecular weight excluding hydrogens is 277 g/mol. The minimum absolute atomic E-state index is 0.0592. The van der Waals surface area contributed by atoms with Gasteiger partial charge in [-0.3, -0.25) is 4.79 Å². The summed E-state index contributed by atoms with van der Waals surface area (Å²) >= 11 is 2.34. The van der Waals surface area contributed by atoms with Crippen LogP contribution in [0.4, 0.5) is 0 Å². The van der Waals surface area contributed by atoms with Gasteiger partial charge < -0.3 is 5.32 Å². The van der Waals surface area contributed by atoms with Gasteiger partial charge in [-0.25, -0.2) is 0 Å². The molecule has 1 aliphatic carbocycles. The van der Waals surface area contributed by atoms with Crippen molar-refractivity contribution in [2.75, 3.05) is 0 Å². The first-order valence-electron chi connectivity index (χ1n) is 4.50. The third kappa shape index (κ3) is 3.93. The molecule has 13 heavy (non-hydrogen) atoms. The molecule has 0 aromatic heterocycles. The zero-order valence-electron chi connectivity index (χ0n) is 7.55. The quantitative estimate of drug-likeness (QED) is 0.615. The minimum Gasteiger partial charge on any atom is -0.349 e. The normalized spacial score (nSPS) is 22.8. The lowest BCUT2D eigenvalue weighted by molar-refractivity contribution is -0.117. The van der Waals surface area contributed by atoms with Crippen molar-refractivity contribution in [1.29, 1.82) is 0 Å². The summed E-state index contributed by atoms with van der Waals surface area (Å²) in [5.74, 6) is -0.0592. The zero-order chi connectivity index (χ0) is 9.68. The highest BCUT2D eigenvalue weighted by atomic mass is 127. The van der Waals surface area contributed by atoms with Crippen molar-refractivity contribution in [2.24, 2.45) is 0 Å². The van der Waals surface area contributed by atoms with Crippen LogP contribution in [0, 0.1) is 0 Å². The van der Waals surface area contributed by atoms with Crippen molar-refractivity contribution in [3.63, 3.8) is 0 Å². The maximum Gasteiger partial charge on any atom is 0.243 e. The molecule has 0 heterocycles. The Morgan fingerprint density at radius 2 is 2.54 bits per heavy atom. The first-order valence-corrected chi connectivity index (χ1v) is 5.57. The van der Waals surface area contributed by atoms with Gasteiger partial charge in [0, 0.05) is 6.04 Å². The molecule has 0 spiro atoms. The summed E-state index contributed by atoms with van der Waals surface area (Å²) in [6, 6.07) is 0.302.